The van der Waals surface area contributed by atoms with Gasteiger partial charge >= 0.3 is 0 Å². The molecule has 170 valence electrons. The number of aromatic nitrogens is 1. The molecule has 4 aromatic rings. The predicted octanol–water partition coefficient (Wildman–Crippen LogP) is 5.19. The number of fused-ring (bicyclic) bond motifs is 1. The van der Waals surface area contributed by atoms with Crippen molar-refractivity contribution in [3.63, 3.8) is 0 Å². The third-order valence-electron chi connectivity index (χ3n) is 4.80. The van der Waals surface area contributed by atoms with Gasteiger partial charge in [0, 0.05) is 18.2 Å². The molecule has 0 atom stereocenters. The predicted molar refractivity (Wildman–Crippen MR) is 129 cm³/mol. The standard InChI is InChI=1S/C17H15N2O2S.C7H8O3S/c1-2-18-15-9-5-6-10-16(15)22-17(18)12-11-13-7-3-4-8-14(13)19(20)21;1-6-2-4-7(5-3-6)11(8,9)10/h3-12H,2H2,1H3;2-5H,1H3,(H,8,9,10)/q+1;/p-1/b12-11+;. The lowest BCUT2D eigenvalue weighted by Gasteiger charge is -2.05. The first-order valence-corrected chi connectivity index (χ1v) is 12.3. The summed E-state index contributed by atoms with van der Waals surface area (Å²) in [6.07, 6.45) is 3.77. The third kappa shape index (κ3) is 6.10. The normalized spacial score (nSPS) is 11.4. The molecule has 4 rings (SSSR count). The van der Waals surface area contributed by atoms with Gasteiger partial charge in [0.1, 0.15) is 21.4 Å². The van der Waals surface area contributed by atoms with E-state index in [4.69, 9.17) is 0 Å². The second kappa shape index (κ2) is 10.5. The summed E-state index contributed by atoms with van der Waals surface area (Å²) in [5, 5.41) is 12.2. The Morgan fingerprint density at radius 3 is 2.24 bits per heavy atom. The van der Waals surface area contributed by atoms with Crippen molar-refractivity contribution in [1.29, 1.82) is 0 Å². The Hall–Kier alpha value is -3.40. The molecule has 7 nitrogen and oxygen atoms in total. The fourth-order valence-corrected chi connectivity index (χ4v) is 4.76. The number of nitrogens with zero attached hydrogens (tertiary/aromatic N) is 2. The minimum atomic E-state index is -4.27. The van der Waals surface area contributed by atoms with Gasteiger partial charge in [0.05, 0.1) is 15.4 Å². The van der Waals surface area contributed by atoms with Crippen molar-refractivity contribution in [2.75, 3.05) is 0 Å². The highest BCUT2D eigenvalue weighted by Crippen LogP contribution is 2.24. The number of benzene rings is 3. The van der Waals surface area contributed by atoms with Crippen molar-refractivity contribution in [2.24, 2.45) is 0 Å². The van der Waals surface area contributed by atoms with Crippen molar-refractivity contribution in [3.05, 3.63) is 99.0 Å². The van der Waals surface area contributed by atoms with Crippen molar-refractivity contribution in [1.82, 2.24) is 0 Å². The molecule has 0 fully saturated rings. The second-order valence-corrected chi connectivity index (χ2v) is 9.51. The zero-order chi connectivity index (χ0) is 24.0. The third-order valence-corrected chi connectivity index (χ3v) is 6.78. The Kier molecular flexibility index (Phi) is 7.70. The summed E-state index contributed by atoms with van der Waals surface area (Å²) in [4.78, 5) is 10.5. The molecule has 0 saturated heterocycles. The zero-order valence-electron chi connectivity index (χ0n) is 18.0. The van der Waals surface area contributed by atoms with E-state index in [1.165, 1.54) is 28.4 Å². The molecule has 0 amide bonds. The smallest absolute Gasteiger partial charge is 0.276 e. The maximum absolute atomic E-state index is 11.1. The number of hydrogen-bond donors (Lipinski definition) is 0. The van der Waals surface area contributed by atoms with Crippen LogP contribution in [0.15, 0.2) is 77.7 Å². The maximum Gasteiger partial charge on any atom is 0.276 e. The van der Waals surface area contributed by atoms with Gasteiger partial charge in [-0.05, 0) is 44.2 Å². The van der Waals surface area contributed by atoms with Crippen molar-refractivity contribution < 1.29 is 22.5 Å². The van der Waals surface area contributed by atoms with Crippen LogP contribution in [0.25, 0.3) is 22.4 Å². The number of rotatable bonds is 5. The second-order valence-electron chi connectivity index (χ2n) is 7.07. The lowest BCUT2D eigenvalue weighted by atomic mass is 10.1. The number of para-hydroxylation sites is 2. The molecular weight excluding hydrogens is 460 g/mol. The quantitative estimate of drug-likeness (QED) is 0.169. The van der Waals surface area contributed by atoms with Gasteiger partial charge in [-0.25, -0.2) is 8.42 Å². The molecule has 0 aliphatic carbocycles. The summed E-state index contributed by atoms with van der Waals surface area (Å²) in [5.74, 6) is 0. The summed E-state index contributed by atoms with van der Waals surface area (Å²) in [7, 11) is -4.27. The molecule has 1 heterocycles. The van der Waals surface area contributed by atoms with E-state index in [1.54, 1.807) is 35.6 Å². The molecule has 0 aliphatic rings. The molecule has 1 aromatic heterocycles. The first kappa shape index (κ1) is 24.2. The highest BCUT2D eigenvalue weighted by Gasteiger charge is 2.17. The molecular formula is C24H22N2O5S2. The van der Waals surface area contributed by atoms with E-state index in [-0.39, 0.29) is 15.5 Å². The molecule has 3 aromatic carbocycles. The molecule has 0 saturated carbocycles. The number of hydrogen-bond acceptors (Lipinski definition) is 6. The summed E-state index contributed by atoms with van der Waals surface area (Å²) >= 11 is 1.69. The van der Waals surface area contributed by atoms with Crippen molar-refractivity contribution in [2.45, 2.75) is 25.3 Å². The van der Waals surface area contributed by atoms with Gasteiger partial charge in [-0.15, -0.1) is 0 Å². The minimum absolute atomic E-state index is 0.128. The van der Waals surface area contributed by atoms with E-state index in [0.29, 0.717) is 5.56 Å². The first-order valence-electron chi connectivity index (χ1n) is 10.1. The first-order chi connectivity index (χ1) is 15.7. The highest BCUT2D eigenvalue weighted by atomic mass is 32.2. The van der Waals surface area contributed by atoms with Gasteiger partial charge in [0.25, 0.3) is 10.7 Å². The van der Waals surface area contributed by atoms with E-state index >= 15 is 0 Å². The van der Waals surface area contributed by atoms with Crippen LogP contribution in [0.1, 0.15) is 23.1 Å². The van der Waals surface area contributed by atoms with Gasteiger partial charge in [-0.2, -0.15) is 4.57 Å². The Morgan fingerprint density at radius 2 is 1.61 bits per heavy atom. The molecule has 0 N–H and O–H groups in total. The van der Waals surface area contributed by atoms with Crippen LogP contribution in [-0.4, -0.2) is 17.9 Å². The van der Waals surface area contributed by atoms with Crippen LogP contribution >= 0.6 is 11.3 Å². The number of nitro benzene ring substituents is 1. The summed E-state index contributed by atoms with van der Waals surface area (Å²) in [6.45, 7) is 4.78. The molecule has 0 spiro atoms. The van der Waals surface area contributed by atoms with Crippen LogP contribution < -0.4 is 4.57 Å². The number of aryl methyl sites for hydroxylation is 2. The Bertz CT molecular complexity index is 1410. The SMILES string of the molecule is CC[n+]1c(/C=C/c2ccccc2[N+](=O)[O-])sc2ccccc21.Cc1ccc(S(=O)(=O)[O-])cc1. The van der Waals surface area contributed by atoms with E-state index < -0.39 is 10.1 Å². The fourth-order valence-electron chi connectivity index (χ4n) is 3.16. The lowest BCUT2D eigenvalue weighted by Crippen LogP contribution is -2.33. The fraction of sp³-hybridized carbons (Fsp3) is 0.125. The minimum Gasteiger partial charge on any atom is -0.744 e. The van der Waals surface area contributed by atoms with Crippen molar-refractivity contribution >= 4 is 49.5 Å². The van der Waals surface area contributed by atoms with Crippen LogP contribution in [0.3, 0.4) is 0 Å². The van der Waals surface area contributed by atoms with Crippen molar-refractivity contribution in [3.8, 4) is 0 Å². The summed E-state index contributed by atoms with van der Waals surface area (Å²) in [5.41, 5.74) is 2.87. The monoisotopic (exact) mass is 482 g/mol. The van der Waals surface area contributed by atoms with Gasteiger partial charge < -0.3 is 4.55 Å². The van der Waals surface area contributed by atoms with Crippen LogP contribution in [0, 0.1) is 17.0 Å². The van der Waals surface area contributed by atoms with Gasteiger partial charge in [-0.3, -0.25) is 10.1 Å². The molecule has 9 heteroatoms. The molecule has 33 heavy (non-hydrogen) atoms. The maximum atomic E-state index is 11.1. The van der Waals surface area contributed by atoms with Gasteiger partial charge in [0.15, 0.2) is 0 Å². The Morgan fingerprint density at radius 1 is 0.970 bits per heavy atom. The average molecular weight is 483 g/mol. The topological polar surface area (TPSA) is 104 Å². The van der Waals surface area contributed by atoms with Crippen LogP contribution in [0.2, 0.25) is 0 Å². The van der Waals surface area contributed by atoms with Gasteiger partial charge in [-0.1, -0.05) is 53.3 Å². The number of thiazole rings is 1. The molecule has 0 unspecified atom stereocenters. The lowest BCUT2D eigenvalue weighted by molar-refractivity contribution is -0.665. The van der Waals surface area contributed by atoms with E-state index in [2.05, 4.69) is 23.6 Å². The Balaban J connectivity index is 0.000000235. The van der Waals surface area contributed by atoms with E-state index in [0.717, 1.165) is 17.1 Å². The van der Waals surface area contributed by atoms with Gasteiger partial charge in [0.2, 0.25) is 5.52 Å². The van der Waals surface area contributed by atoms with E-state index in [9.17, 15) is 23.1 Å². The Labute approximate surface area is 196 Å². The average Bonchev–Trinajstić information content (AvgIpc) is 3.15. The number of nitro groups is 1. The van der Waals surface area contributed by atoms with E-state index in [1.807, 2.05) is 37.3 Å². The molecule has 0 aliphatic heterocycles. The summed E-state index contributed by atoms with van der Waals surface area (Å²) < 4.78 is 34.6. The molecule has 0 radical (unpaired) electrons. The summed E-state index contributed by atoms with van der Waals surface area (Å²) in [6, 6.07) is 20.8. The highest BCUT2D eigenvalue weighted by molar-refractivity contribution is 7.85. The van der Waals surface area contributed by atoms with Crippen LogP contribution in [-0.2, 0) is 16.7 Å². The van der Waals surface area contributed by atoms with Crippen LogP contribution in [0.5, 0.6) is 0 Å². The zero-order valence-corrected chi connectivity index (χ0v) is 19.7. The largest absolute Gasteiger partial charge is 0.744 e. The molecule has 0 bridgehead atoms. The van der Waals surface area contributed by atoms with Crippen LogP contribution in [0.4, 0.5) is 5.69 Å².